The molecule has 2 N–H and O–H groups in total. The van der Waals surface area contributed by atoms with Gasteiger partial charge < -0.3 is 15.0 Å². The number of imidazole rings is 1. The maximum absolute atomic E-state index is 9.25. The molecule has 1 saturated heterocycles. The Labute approximate surface area is 108 Å². The summed E-state index contributed by atoms with van der Waals surface area (Å²) >= 11 is 0. The van der Waals surface area contributed by atoms with E-state index in [4.69, 9.17) is 0 Å². The lowest BCUT2D eigenvalue weighted by Crippen LogP contribution is -2.30. The van der Waals surface area contributed by atoms with Gasteiger partial charge in [0, 0.05) is 31.5 Å². The molecule has 100 valence electrons. The summed E-state index contributed by atoms with van der Waals surface area (Å²) in [6, 6.07) is 0. The molecule has 0 saturated carbocycles. The second-order valence-electron chi connectivity index (χ2n) is 5.76. The van der Waals surface area contributed by atoms with Crippen LogP contribution in [0.25, 0.3) is 0 Å². The van der Waals surface area contributed by atoms with E-state index in [0.29, 0.717) is 12.5 Å². The lowest BCUT2D eigenvalue weighted by molar-refractivity contribution is 0.199. The minimum absolute atomic E-state index is 0.314. The van der Waals surface area contributed by atoms with Gasteiger partial charge in [0.1, 0.15) is 5.82 Å². The molecule has 1 aromatic heterocycles. The van der Waals surface area contributed by atoms with Crippen molar-refractivity contribution in [2.75, 3.05) is 19.7 Å². The summed E-state index contributed by atoms with van der Waals surface area (Å²) in [6.07, 6.45) is 7.81. The van der Waals surface area contributed by atoms with Gasteiger partial charge in [-0.05, 0) is 50.6 Å². The Balaban J connectivity index is 1.68. The van der Waals surface area contributed by atoms with Crippen LogP contribution in [0.1, 0.15) is 30.8 Å². The molecule has 0 spiro atoms. The van der Waals surface area contributed by atoms with Crippen LogP contribution in [0.3, 0.4) is 0 Å². The highest BCUT2D eigenvalue weighted by Crippen LogP contribution is 2.24. The van der Waals surface area contributed by atoms with Gasteiger partial charge in [-0.1, -0.05) is 0 Å². The number of aliphatic hydroxyl groups excluding tert-OH is 1. The first-order valence-corrected chi connectivity index (χ1v) is 7.21. The molecule has 3 rings (SSSR count). The van der Waals surface area contributed by atoms with Crippen LogP contribution in [0, 0.1) is 11.8 Å². The van der Waals surface area contributed by atoms with Crippen molar-refractivity contribution in [3.63, 3.8) is 0 Å². The monoisotopic (exact) mass is 249 g/mol. The zero-order valence-corrected chi connectivity index (χ0v) is 10.9. The van der Waals surface area contributed by atoms with Crippen LogP contribution in [0.5, 0.6) is 0 Å². The number of fused-ring (bicyclic) bond motifs is 1. The van der Waals surface area contributed by atoms with Gasteiger partial charge in [0.2, 0.25) is 0 Å². The van der Waals surface area contributed by atoms with E-state index in [9.17, 15) is 5.11 Å². The largest absolute Gasteiger partial charge is 0.396 e. The van der Waals surface area contributed by atoms with E-state index >= 15 is 0 Å². The van der Waals surface area contributed by atoms with Gasteiger partial charge in [0.15, 0.2) is 0 Å². The zero-order chi connectivity index (χ0) is 12.4. The second-order valence-corrected chi connectivity index (χ2v) is 5.76. The quantitative estimate of drug-likeness (QED) is 0.839. The number of hydrogen-bond acceptors (Lipinski definition) is 3. The van der Waals surface area contributed by atoms with E-state index in [1.165, 1.54) is 24.4 Å². The molecule has 2 aliphatic heterocycles. The molecule has 0 aromatic carbocycles. The molecular weight excluding hydrogens is 226 g/mol. The number of nitrogens with one attached hydrogen (secondary N) is 1. The lowest BCUT2D eigenvalue weighted by atomic mass is 9.93. The van der Waals surface area contributed by atoms with Crippen LogP contribution in [-0.4, -0.2) is 34.4 Å². The van der Waals surface area contributed by atoms with Gasteiger partial charge in [-0.2, -0.15) is 0 Å². The van der Waals surface area contributed by atoms with E-state index in [2.05, 4.69) is 14.9 Å². The lowest BCUT2D eigenvalue weighted by Gasteiger charge is -2.26. The third-order valence-electron chi connectivity index (χ3n) is 4.47. The number of aromatic nitrogens is 2. The summed E-state index contributed by atoms with van der Waals surface area (Å²) in [6.45, 7) is 3.67. The average molecular weight is 249 g/mol. The summed E-state index contributed by atoms with van der Waals surface area (Å²) in [5.41, 5.74) is 1.32. The van der Waals surface area contributed by atoms with Gasteiger partial charge >= 0.3 is 0 Å². The SMILES string of the molecule is OCC1CCn2c(cnc2CC2CCNCC2)C1. The molecule has 1 aromatic rings. The summed E-state index contributed by atoms with van der Waals surface area (Å²) in [5, 5.41) is 12.7. The Bertz CT molecular complexity index is 396. The number of rotatable bonds is 3. The Hall–Kier alpha value is -0.870. The highest BCUT2D eigenvalue weighted by Gasteiger charge is 2.23. The van der Waals surface area contributed by atoms with Crippen molar-refractivity contribution >= 4 is 0 Å². The number of aliphatic hydroxyl groups is 1. The normalized spacial score (nSPS) is 25.1. The summed E-state index contributed by atoms with van der Waals surface area (Å²) in [4.78, 5) is 4.62. The van der Waals surface area contributed by atoms with E-state index < -0.39 is 0 Å². The molecule has 4 nitrogen and oxygen atoms in total. The Morgan fingerprint density at radius 3 is 2.89 bits per heavy atom. The first-order valence-electron chi connectivity index (χ1n) is 7.21. The molecule has 4 heteroatoms. The predicted octanol–water partition coefficient (Wildman–Crippen LogP) is 0.980. The molecule has 1 unspecified atom stereocenters. The molecule has 18 heavy (non-hydrogen) atoms. The van der Waals surface area contributed by atoms with Crippen LogP contribution in [0.4, 0.5) is 0 Å². The van der Waals surface area contributed by atoms with Crippen LogP contribution in [0.2, 0.25) is 0 Å². The molecule has 0 aliphatic carbocycles. The molecule has 0 bridgehead atoms. The van der Waals surface area contributed by atoms with Gasteiger partial charge in [0.25, 0.3) is 0 Å². The van der Waals surface area contributed by atoms with E-state index in [1.54, 1.807) is 0 Å². The fourth-order valence-electron chi connectivity index (χ4n) is 3.26. The minimum Gasteiger partial charge on any atom is -0.396 e. The first kappa shape index (κ1) is 12.2. The predicted molar refractivity (Wildman–Crippen MR) is 70.4 cm³/mol. The Morgan fingerprint density at radius 2 is 2.11 bits per heavy atom. The maximum Gasteiger partial charge on any atom is 0.109 e. The van der Waals surface area contributed by atoms with E-state index in [1.807, 2.05) is 6.20 Å². The third kappa shape index (κ3) is 2.45. The number of hydrogen-bond donors (Lipinski definition) is 2. The third-order valence-corrected chi connectivity index (χ3v) is 4.47. The van der Waals surface area contributed by atoms with Crippen molar-refractivity contribution in [2.45, 2.75) is 38.6 Å². The molecule has 2 aliphatic rings. The van der Waals surface area contributed by atoms with Gasteiger partial charge in [0.05, 0.1) is 0 Å². The molecule has 0 amide bonds. The van der Waals surface area contributed by atoms with Crippen LogP contribution >= 0.6 is 0 Å². The van der Waals surface area contributed by atoms with Gasteiger partial charge in [-0.25, -0.2) is 4.98 Å². The minimum atomic E-state index is 0.314. The second kappa shape index (κ2) is 5.41. The average Bonchev–Trinajstić information content (AvgIpc) is 2.82. The molecule has 1 atom stereocenters. The fourth-order valence-corrected chi connectivity index (χ4v) is 3.26. The summed E-state index contributed by atoms with van der Waals surface area (Å²) in [5.74, 6) is 2.52. The number of piperidine rings is 1. The van der Waals surface area contributed by atoms with Gasteiger partial charge in [-0.15, -0.1) is 0 Å². The van der Waals surface area contributed by atoms with Crippen molar-refractivity contribution in [1.82, 2.24) is 14.9 Å². The number of nitrogens with zero attached hydrogens (tertiary/aromatic N) is 2. The molecular formula is C14H23N3O. The van der Waals surface area contributed by atoms with Crippen molar-refractivity contribution < 1.29 is 5.11 Å². The van der Waals surface area contributed by atoms with Crippen molar-refractivity contribution in [3.05, 3.63) is 17.7 Å². The maximum atomic E-state index is 9.25. The summed E-state index contributed by atoms with van der Waals surface area (Å²) in [7, 11) is 0. The zero-order valence-electron chi connectivity index (χ0n) is 10.9. The first-order chi connectivity index (χ1) is 8.86. The van der Waals surface area contributed by atoms with Crippen molar-refractivity contribution in [2.24, 2.45) is 11.8 Å². The highest BCUT2D eigenvalue weighted by molar-refractivity contribution is 5.10. The fraction of sp³-hybridized carbons (Fsp3) is 0.786. The van der Waals surface area contributed by atoms with Crippen LogP contribution in [0.15, 0.2) is 6.20 Å². The van der Waals surface area contributed by atoms with Crippen molar-refractivity contribution in [3.8, 4) is 0 Å². The van der Waals surface area contributed by atoms with Crippen LogP contribution < -0.4 is 5.32 Å². The smallest absolute Gasteiger partial charge is 0.109 e. The topological polar surface area (TPSA) is 50.1 Å². The Morgan fingerprint density at radius 1 is 1.28 bits per heavy atom. The van der Waals surface area contributed by atoms with Crippen molar-refractivity contribution in [1.29, 1.82) is 0 Å². The van der Waals surface area contributed by atoms with E-state index in [-0.39, 0.29) is 0 Å². The molecule has 1 fully saturated rings. The molecule has 3 heterocycles. The van der Waals surface area contributed by atoms with Gasteiger partial charge in [-0.3, -0.25) is 0 Å². The highest BCUT2D eigenvalue weighted by atomic mass is 16.3. The standard InChI is InChI=1S/C14H23N3O/c18-10-12-3-6-17-13(7-12)9-16-14(17)8-11-1-4-15-5-2-11/h9,11-12,15,18H,1-8,10H2. The Kier molecular flexibility index (Phi) is 3.66. The summed E-state index contributed by atoms with van der Waals surface area (Å²) < 4.78 is 2.40. The molecule has 0 radical (unpaired) electrons. The van der Waals surface area contributed by atoms with E-state index in [0.717, 1.165) is 44.8 Å². The van der Waals surface area contributed by atoms with Crippen LogP contribution in [-0.2, 0) is 19.4 Å².